The molecule has 130 valence electrons. The van der Waals surface area contributed by atoms with Crippen LogP contribution in [0.5, 0.6) is 0 Å². The number of amides is 1. The van der Waals surface area contributed by atoms with Gasteiger partial charge in [0.1, 0.15) is 0 Å². The molecule has 1 aliphatic rings. The van der Waals surface area contributed by atoms with Gasteiger partial charge >= 0.3 is 5.69 Å². The van der Waals surface area contributed by atoms with Crippen molar-refractivity contribution in [1.29, 1.82) is 0 Å². The normalized spacial score (nSPS) is 18.1. The van der Waals surface area contributed by atoms with Crippen molar-refractivity contribution >= 4 is 16.9 Å². The van der Waals surface area contributed by atoms with Crippen LogP contribution in [0.4, 0.5) is 0 Å². The Morgan fingerprint density at radius 1 is 1.25 bits per heavy atom. The standard InChI is InChI=1S/C18H26N4O2/c1-18(2,3)15(19)16(23)21-10-8-12(9-11-21)22-14-7-5-4-6-13(14)20-17(22)24/h4-7,12,15H,8-11,19H2,1-3H3,(H,20,24)/t15-/m1/s1. The molecule has 1 fully saturated rings. The number of imidazole rings is 1. The number of para-hydroxylation sites is 2. The number of piperidine rings is 1. The van der Waals surface area contributed by atoms with E-state index in [0.29, 0.717) is 13.1 Å². The predicted molar refractivity (Wildman–Crippen MR) is 94.8 cm³/mol. The van der Waals surface area contributed by atoms with Gasteiger partial charge in [0.05, 0.1) is 17.1 Å². The Morgan fingerprint density at radius 3 is 2.50 bits per heavy atom. The molecule has 0 radical (unpaired) electrons. The molecule has 1 aromatic heterocycles. The third-order valence-corrected chi connectivity index (χ3v) is 4.96. The fourth-order valence-corrected chi connectivity index (χ4v) is 3.35. The number of rotatable bonds is 2. The number of nitrogens with two attached hydrogens (primary N) is 1. The van der Waals surface area contributed by atoms with Gasteiger partial charge in [-0.1, -0.05) is 32.9 Å². The molecule has 1 amide bonds. The van der Waals surface area contributed by atoms with Crippen LogP contribution in [0.2, 0.25) is 0 Å². The molecule has 1 aliphatic heterocycles. The van der Waals surface area contributed by atoms with E-state index in [9.17, 15) is 9.59 Å². The topological polar surface area (TPSA) is 84.1 Å². The molecule has 2 aromatic rings. The number of benzene rings is 1. The highest BCUT2D eigenvalue weighted by atomic mass is 16.2. The number of aromatic amines is 1. The summed E-state index contributed by atoms with van der Waals surface area (Å²) in [6.07, 6.45) is 1.54. The van der Waals surface area contributed by atoms with Gasteiger partial charge < -0.3 is 15.6 Å². The smallest absolute Gasteiger partial charge is 0.326 e. The van der Waals surface area contributed by atoms with Crippen LogP contribution in [0.15, 0.2) is 29.1 Å². The minimum Gasteiger partial charge on any atom is -0.341 e. The summed E-state index contributed by atoms with van der Waals surface area (Å²) in [5.41, 5.74) is 7.56. The molecular weight excluding hydrogens is 304 g/mol. The number of H-pyrrole nitrogens is 1. The third-order valence-electron chi connectivity index (χ3n) is 4.96. The van der Waals surface area contributed by atoms with Gasteiger partial charge in [-0.15, -0.1) is 0 Å². The van der Waals surface area contributed by atoms with E-state index in [1.165, 1.54) is 0 Å². The molecular formula is C18H26N4O2. The molecule has 6 nitrogen and oxygen atoms in total. The van der Waals surface area contributed by atoms with Crippen molar-refractivity contribution in [2.24, 2.45) is 11.1 Å². The SMILES string of the molecule is CC(C)(C)[C@H](N)C(=O)N1CCC(n2c(=O)[nH]c3ccccc32)CC1. The number of carbonyl (C=O) groups is 1. The summed E-state index contributed by atoms with van der Waals surface area (Å²) in [5, 5.41) is 0. The highest BCUT2D eigenvalue weighted by Gasteiger charge is 2.33. The van der Waals surface area contributed by atoms with Crippen LogP contribution in [0.25, 0.3) is 11.0 Å². The van der Waals surface area contributed by atoms with Crippen molar-refractivity contribution in [1.82, 2.24) is 14.5 Å². The monoisotopic (exact) mass is 330 g/mol. The second kappa shape index (κ2) is 6.09. The Kier molecular flexibility index (Phi) is 4.25. The zero-order valence-corrected chi connectivity index (χ0v) is 14.6. The van der Waals surface area contributed by atoms with Gasteiger partial charge in [-0.3, -0.25) is 9.36 Å². The molecule has 0 aliphatic carbocycles. The summed E-state index contributed by atoms with van der Waals surface area (Å²) >= 11 is 0. The highest BCUT2D eigenvalue weighted by molar-refractivity contribution is 5.82. The summed E-state index contributed by atoms with van der Waals surface area (Å²) < 4.78 is 1.83. The van der Waals surface area contributed by atoms with Crippen LogP contribution in [0, 0.1) is 5.41 Å². The number of nitrogens with one attached hydrogen (secondary N) is 1. The highest BCUT2D eigenvalue weighted by Crippen LogP contribution is 2.26. The van der Waals surface area contributed by atoms with E-state index in [-0.39, 0.29) is 23.1 Å². The van der Waals surface area contributed by atoms with Gasteiger partial charge in [0.15, 0.2) is 0 Å². The van der Waals surface area contributed by atoms with Gasteiger partial charge in [-0.25, -0.2) is 4.79 Å². The predicted octanol–water partition coefficient (Wildman–Crippen LogP) is 1.87. The van der Waals surface area contributed by atoms with Gasteiger partial charge in [0, 0.05) is 19.1 Å². The van der Waals surface area contributed by atoms with E-state index in [0.717, 1.165) is 23.9 Å². The maximum atomic E-state index is 12.5. The number of fused-ring (bicyclic) bond motifs is 1. The minimum atomic E-state index is -0.495. The Bertz CT molecular complexity index is 791. The Balaban J connectivity index is 1.74. The van der Waals surface area contributed by atoms with Crippen molar-refractivity contribution in [2.45, 2.75) is 45.7 Å². The molecule has 0 bridgehead atoms. The number of likely N-dealkylation sites (tertiary alicyclic amines) is 1. The summed E-state index contributed by atoms with van der Waals surface area (Å²) in [6, 6.07) is 7.34. The second-order valence-electron chi connectivity index (χ2n) is 7.72. The number of nitrogens with zero attached hydrogens (tertiary/aromatic N) is 2. The minimum absolute atomic E-state index is 0.00669. The average molecular weight is 330 g/mol. The Labute approximate surface area is 141 Å². The third kappa shape index (κ3) is 2.98. The molecule has 0 spiro atoms. The van der Waals surface area contributed by atoms with Crippen molar-refractivity contribution in [2.75, 3.05) is 13.1 Å². The van der Waals surface area contributed by atoms with E-state index in [4.69, 9.17) is 5.73 Å². The number of hydrogen-bond acceptors (Lipinski definition) is 3. The summed E-state index contributed by atoms with van der Waals surface area (Å²) in [6.45, 7) is 7.22. The van der Waals surface area contributed by atoms with E-state index >= 15 is 0 Å². The summed E-state index contributed by atoms with van der Waals surface area (Å²) in [7, 11) is 0. The van der Waals surface area contributed by atoms with E-state index in [2.05, 4.69) is 4.98 Å². The number of aromatic nitrogens is 2. The van der Waals surface area contributed by atoms with Crippen LogP contribution < -0.4 is 11.4 Å². The second-order valence-corrected chi connectivity index (χ2v) is 7.72. The number of carbonyl (C=O) groups excluding carboxylic acids is 1. The maximum absolute atomic E-state index is 12.5. The lowest BCUT2D eigenvalue weighted by atomic mass is 9.86. The lowest BCUT2D eigenvalue weighted by molar-refractivity contribution is -0.136. The molecule has 6 heteroatoms. The van der Waals surface area contributed by atoms with E-state index in [1.807, 2.05) is 54.5 Å². The van der Waals surface area contributed by atoms with Gasteiger partial charge in [-0.2, -0.15) is 0 Å². The number of hydrogen-bond donors (Lipinski definition) is 2. The van der Waals surface area contributed by atoms with Crippen LogP contribution >= 0.6 is 0 Å². The Hall–Kier alpha value is -2.08. The molecule has 3 N–H and O–H groups in total. The van der Waals surface area contributed by atoms with Crippen molar-refractivity contribution in [3.8, 4) is 0 Å². The maximum Gasteiger partial charge on any atom is 0.326 e. The van der Waals surface area contributed by atoms with E-state index in [1.54, 1.807) is 0 Å². The zero-order chi connectivity index (χ0) is 17.5. The van der Waals surface area contributed by atoms with Crippen molar-refractivity contribution in [3.05, 3.63) is 34.7 Å². The zero-order valence-electron chi connectivity index (χ0n) is 14.6. The Morgan fingerprint density at radius 2 is 1.88 bits per heavy atom. The molecule has 0 unspecified atom stereocenters. The van der Waals surface area contributed by atoms with Crippen LogP contribution in [-0.4, -0.2) is 39.5 Å². The molecule has 0 saturated carbocycles. The lowest BCUT2D eigenvalue weighted by Crippen LogP contribution is -2.52. The first-order valence-corrected chi connectivity index (χ1v) is 8.52. The summed E-state index contributed by atoms with van der Waals surface area (Å²) in [5.74, 6) is 0.00669. The molecule has 1 aromatic carbocycles. The first kappa shape index (κ1) is 16.8. The summed E-state index contributed by atoms with van der Waals surface area (Å²) in [4.78, 5) is 29.6. The van der Waals surface area contributed by atoms with Gasteiger partial charge in [0.25, 0.3) is 0 Å². The molecule has 1 atom stereocenters. The van der Waals surface area contributed by atoms with Crippen LogP contribution in [-0.2, 0) is 4.79 Å². The largest absolute Gasteiger partial charge is 0.341 e. The fourth-order valence-electron chi connectivity index (χ4n) is 3.35. The molecule has 24 heavy (non-hydrogen) atoms. The van der Waals surface area contributed by atoms with Crippen LogP contribution in [0.1, 0.15) is 39.7 Å². The van der Waals surface area contributed by atoms with Crippen molar-refractivity contribution in [3.63, 3.8) is 0 Å². The van der Waals surface area contributed by atoms with E-state index < -0.39 is 6.04 Å². The molecule has 3 rings (SSSR count). The molecule has 2 heterocycles. The van der Waals surface area contributed by atoms with Crippen molar-refractivity contribution < 1.29 is 4.79 Å². The van der Waals surface area contributed by atoms with Gasteiger partial charge in [-0.05, 0) is 30.4 Å². The average Bonchev–Trinajstić information content (AvgIpc) is 2.88. The molecule has 1 saturated heterocycles. The lowest BCUT2D eigenvalue weighted by Gasteiger charge is -2.36. The van der Waals surface area contributed by atoms with Crippen LogP contribution in [0.3, 0.4) is 0 Å². The first-order chi connectivity index (χ1) is 11.3. The first-order valence-electron chi connectivity index (χ1n) is 8.52. The quantitative estimate of drug-likeness (QED) is 0.881. The van der Waals surface area contributed by atoms with Gasteiger partial charge in [0.2, 0.25) is 5.91 Å². The fraction of sp³-hybridized carbons (Fsp3) is 0.556.